The minimum atomic E-state index is -2.86. The standard InChI is InChI=1S/2C3H4O2.H2O3S/c2*1-2-3(4)5;1-4(2)3/h2*2H,1H2,(H,4,5);(H2,1,2,3)/p-1. The summed E-state index contributed by atoms with van der Waals surface area (Å²) in [5.74, 6) is -1.96. The summed E-state index contributed by atoms with van der Waals surface area (Å²) in [5, 5.41) is 15.2. The molecule has 0 heterocycles. The van der Waals surface area contributed by atoms with Crippen LogP contribution in [0.4, 0.5) is 0 Å². The van der Waals surface area contributed by atoms with Gasteiger partial charge in [0.2, 0.25) is 0 Å². The fourth-order valence-corrected chi connectivity index (χ4v) is 0. The molecule has 8 heteroatoms. The molecule has 0 aliphatic carbocycles. The lowest BCUT2D eigenvalue weighted by atomic mass is 10.7. The molecule has 3 N–H and O–H groups in total. The summed E-state index contributed by atoms with van der Waals surface area (Å²) in [6, 6.07) is 0. The van der Waals surface area contributed by atoms with E-state index in [1.54, 1.807) is 0 Å². The summed E-state index contributed by atoms with van der Waals surface area (Å²) >= 11 is -2.86. The summed E-state index contributed by atoms with van der Waals surface area (Å²) < 4.78 is 24.1. The minimum absolute atomic E-state index is 0.833. The van der Waals surface area contributed by atoms with Gasteiger partial charge in [-0.15, -0.1) is 0 Å². The second-order valence-corrected chi connectivity index (χ2v) is 1.74. The first-order valence-electron chi connectivity index (χ1n) is 2.77. The molecule has 0 radical (unpaired) electrons. The molecule has 7 nitrogen and oxygen atoms in total. The van der Waals surface area contributed by atoms with Gasteiger partial charge in [-0.2, -0.15) is 0 Å². The molecule has 0 bridgehead atoms. The van der Waals surface area contributed by atoms with Gasteiger partial charge in [-0.1, -0.05) is 13.2 Å². The summed E-state index contributed by atoms with van der Waals surface area (Å²) in [4.78, 5) is 18.5. The number of hydrogen-bond donors (Lipinski definition) is 3. The molecule has 82 valence electrons. The Hall–Kier alpha value is -1.51. The quantitative estimate of drug-likeness (QED) is 0.439. The second kappa shape index (κ2) is 14.0. The molecule has 0 rings (SSSR count). The molecule has 0 amide bonds. The summed E-state index contributed by atoms with van der Waals surface area (Å²) in [6.45, 7) is 5.92. The van der Waals surface area contributed by atoms with Crippen LogP contribution in [-0.4, -0.2) is 35.5 Å². The molecule has 0 aromatic rings. The number of aliphatic carboxylic acids is 2. The van der Waals surface area contributed by atoms with E-state index in [1.165, 1.54) is 0 Å². The van der Waals surface area contributed by atoms with Crippen LogP contribution < -0.4 is 0 Å². The van der Waals surface area contributed by atoms with E-state index in [0.29, 0.717) is 0 Å². The summed E-state index contributed by atoms with van der Waals surface area (Å²) in [7, 11) is 0. The van der Waals surface area contributed by atoms with E-state index in [2.05, 4.69) is 13.2 Å². The van der Waals surface area contributed by atoms with Crippen LogP contribution >= 0.6 is 0 Å². The number of rotatable bonds is 2. The third-order valence-corrected chi connectivity index (χ3v) is 0.349. The zero-order valence-corrected chi connectivity index (χ0v) is 7.77. The Kier molecular flexibility index (Phi) is 18.4. The van der Waals surface area contributed by atoms with Crippen LogP contribution in [0.15, 0.2) is 25.3 Å². The van der Waals surface area contributed by atoms with Crippen LogP contribution in [-0.2, 0) is 21.0 Å². The Bertz CT molecular complexity index is 200. The van der Waals surface area contributed by atoms with Crippen molar-refractivity contribution < 1.29 is 33.1 Å². The molecule has 0 aromatic carbocycles. The molecule has 0 saturated carbocycles. The second-order valence-electron chi connectivity index (χ2n) is 1.30. The maximum atomic E-state index is 9.25. The Labute approximate surface area is 82.5 Å². The van der Waals surface area contributed by atoms with Gasteiger partial charge in [0, 0.05) is 12.2 Å². The maximum absolute atomic E-state index is 9.25. The van der Waals surface area contributed by atoms with Gasteiger partial charge in [-0.25, -0.2) is 13.8 Å². The molecule has 0 aliphatic heterocycles. The fourth-order valence-electron chi connectivity index (χ4n) is 0. The predicted octanol–water partition coefficient (Wildman–Crippen LogP) is -0.147. The molecular weight excluding hydrogens is 216 g/mol. The zero-order valence-electron chi connectivity index (χ0n) is 6.95. The predicted molar refractivity (Wildman–Crippen MR) is 47.2 cm³/mol. The van der Waals surface area contributed by atoms with Gasteiger partial charge in [0.15, 0.2) is 0 Å². The van der Waals surface area contributed by atoms with Crippen molar-refractivity contribution in [2.24, 2.45) is 0 Å². The van der Waals surface area contributed by atoms with E-state index in [4.69, 9.17) is 23.5 Å². The third-order valence-electron chi connectivity index (χ3n) is 0.349. The largest absolute Gasteiger partial charge is 0.750 e. The Morgan fingerprint density at radius 2 is 1.21 bits per heavy atom. The highest BCUT2D eigenvalue weighted by Gasteiger charge is 1.73. The number of carbonyl (C=O) groups is 2. The first-order valence-corrected chi connectivity index (χ1v) is 3.80. The number of carboxylic acids is 2. The van der Waals surface area contributed by atoms with Gasteiger partial charge in [0.1, 0.15) is 0 Å². The smallest absolute Gasteiger partial charge is 0.327 e. The van der Waals surface area contributed by atoms with Crippen molar-refractivity contribution in [3.05, 3.63) is 25.3 Å². The van der Waals surface area contributed by atoms with E-state index in [9.17, 15) is 9.59 Å². The van der Waals surface area contributed by atoms with Crippen molar-refractivity contribution >= 4 is 23.3 Å². The third kappa shape index (κ3) is 152. The molecular formula is C6H9O7S-. The van der Waals surface area contributed by atoms with Gasteiger partial charge in [-0.05, 0) is 0 Å². The van der Waals surface area contributed by atoms with Crippen molar-refractivity contribution in [3.63, 3.8) is 0 Å². The van der Waals surface area contributed by atoms with Crippen LogP contribution in [0.25, 0.3) is 0 Å². The van der Waals surface area contributed by atoms with E-state index >= 15 is 0 Å². The van der Waals surface area contributed by atoms with E-state index < -0.39 is 23.3 Å². The van der Waals surface area contributed by atoms with Gasteiger partial charge in [-0.3, -0.25) is 0 Å². The van der Waals surface area contributed by atoms with E-state index in [0.717, 1.165) is 12.2 Å². The van der Waals surface area contributed by atoms with Crippen LogP contribution in [0.3, 0.4) is 0 Å². The lowest BCUT2D eigenvalue weighted by molar-refractivity contribution is -0.132. The molecule has 0 aromatic heterocycles. The summed E-state index contributed by atoms with van der Waals surface area (Å²) in [6.07, 6.45) is 1.67. The highest BCUT2D eigenvalue weighted by atomic mass is 32.2. The number of carboxylic acid groups (broad SMARTS) is 2. The average molecular weight is 225 g/mol. The topological polar surface area (TPSA) is 135 Å². The van der Waals surface area contributed by atoms with Crippen molar-refractivity contribution in [1.82, 2.24) is 0 Å². The average Bonchev–Trinajstić information content (AvgIpc) is 2.04. The summed E-state index contributed by atoms with van der Waals surface area (Å²) in [5.41, 5.74) is 0. The zero-order chi connectivity index (χ0) is 12.1. The van der Waals surface area contributed by atoms with Gasteiger partial charge in [0.05, 0.1) is 11.4 Å². The van der Waals surface area contributed by atoms with Crippen LogP contribution in [0, 0.1) is 0 Å². The molecule has 0 aliphatic rings. The molecule has 14 heavy (non-hydrogen) atoms. The molecule has 0 fully saturated rings. The van der Waals surface area contributed by atoms with Gasteiger partial charge in [0.25, 0.3) is 0 Å². The Morgan fingerprint density at radius 3 is 1.21 bits per heavy atom. The molecule has 0 saturated heterocycles. The van der Waals surface area contributed by atoms with Gasteiger partial charge >= 0.3 is 11.9 Å². The van der Waals surface area contributed by atoms with E-state index in [-0.39, 0.29) is 0 Å². The number of hydrogen-bond acceptors (Lipinski definition) is 4. The lowest BCUT2D eigenvalue weighted by Gasteiger charge is -1.83. The molecule has 1 unspecified atom stereocenters. The monoisotopic (exact) mass is 225 g/mol. The van der Waals surface area contributed by atoms with Crippen LogP contribution in [0.5, 0.6) is 0 Å². The highest BCUT2D eigenvalue weighted by molar-refractivity contribution is 7.73. The maximum Gasteiger partial charge on any atom is 0.327 e. The minimum Gasteiger partial charge on any atom is -0.750 e. The molecule has 1 atom stereocenters. The Morgan fingerprint density at radius 1 is 1.14 bits per heavy atom. The fraction of sp³-hybridized carbons (Fsp3) is 0. The van der Waals surface area contributed by atoms with Crippen molar-refractivity contribution in [2.75, 3.05) is 0 Å². The Balaban J connectivity index is -0.000000131. The van der Waals surface area contributed by atoms with Gasteiger partial charge < -0.3 is 19.3 Å². The van der Waals surface area contributed by atoms with E-state index in [1.807, 2.05) is 0 Å². The lowest BCUT2D eigenvalue weighted by Crippen LogP contribution is -1.82. The van der Waals surface area contributed by atoms with Crippen molar-refractivity contribution in [3.8, 4) is 0 Å². The van der Waals surface area contributed by atoms with Crippen molar-refractivity contribution in [2.45, 2.75) is 0 Å². The highest BCUT2D eigenvalue weighted by Crippen LogP contribution is 1.55. The normalized spacial score (nSPS) is 9.00. The van der Waals surface area contributed by atoms with Crippen LogP contribution in [0.1, 0.15) is 0 Å². The first-order chi connectivity index (χ1) is 6.27. The van der Waals surface area contributed by atoms with Crippen molar-refractivity contribution in [1.29, 1.82) is 0 Å². The molecule has 0 spiro atoms. The SMILES string of the molecule is C=CC(=O)O.C=CC(=O)O.O=S([O-])O. The van der Waals surface area contributed by atoms with Crippen LogP contribution in [0.2, 0.25) is 0 Å². The first kappa shape index (κ1) is 18.3.